The van der Waals surface area contributed by atoms with Crippen LogP contribution in [0.15, 0.2) is 60.7 Å². The van der Waals surface area contributed by atoms with Gasteiger partial charge < -0.3 is 10.6 Å². The molecule has 0 saturated carbocycles. The standard InChI is InChI=1S/C21H30N2/c1-18(16-20-10-5-3-6-11-20)22-14-9-15-23-19(2)17-21-12-7-4-8-13-21/h3-8,10-13,18-19,22-23H,9,14-17H2,1-2H3/t18-,19-/m1/s1. The molecule has 0 heterocycles. The number of rotatable bonds is 10. The lowest BCUT2D eigenvalue weighted by Gasteiger charge is -2.16. The summed E-state index contributed by atoms with van der Waals surface area (Å²) >= 11 is 0. The monoisotopic (exact) mass is 310 g/mol. The van der Waals surface area contributed by atoms with Crippen LogP contribution in [0.2, 0.25) is 0 Å². The Morgan fingerprint density at radius 1 is 0.652 bits per heavy atom. The van der Waals surface area contributed by atoms with Crippen molar-refractivity contribution in [3.63, 3.8) is 0 Å². The van der Waals surface area contributed by atoms with Crippen molar-refractivity contribution in [2.75, 3.05) is 13.1 Å². The van der Waals surface area contributed by atoms with Crippen LogP contribution in [0.4, 0.5) is 0 Å². The maximum Gasteiger partial charge on any atom is 0.00791 e. The van der Waals surface area contributed by atoms with Gasteiger partial charge >= 0.3 is 0 Å². The minimum atomic E-state index is 0.527. The normalized spacial score (nSPS) is 13.7. The molecule has 23 heavy (non-hydrogen) atoms. The second-order valence-corrected chi connectivity index (χ2v) is 6.44. The van der Waals surface area contributed by atoms with E-state index in [1.54, 1.807) is 0 Å². The van der Waals surface area contributed by atoms with Gasteiger partial charge in [-0.2, -0.15) is 0 Å². The fourth-order valence-corrected chi connectivity index (χ4v) is 2.86. The lowest BCUT2D eigenvalue weighted by Crippen LogP contribution is -2.33. The summed E-state index contributed by atoms with van der Waals surface area (Å²) in [7, 11) is 0. The molecule has 0 aliphatic carbocycles. The summed E-state index contributed by atoms with van der Waals surface area (Å²) in [4.78, 5) is 0. The van der Waals surface area contributed by atoms with Crippen LogP contribution in [0.1, 0.15) is 31.4 Å². The molecule has 2 N–H and O–H groups in total. The third-order valence-corrected chi connectivity index (χ3v) is 4.11. The summed E-state index contributed by atoms with van der Waals surface area (Å²) in [6.07, 6.45) is 3.36. The van der Waals surface area contributed by atoms with Gasteiger partial charge in [0.2, 0.25) is 0 Å². The molecule has 0 aliphatic heterocycles. The minimum absolute atomic E-state index is 0.527. The fraction of sp³-hybridized carbons (Fsp3) is 0.429. The third-order valence-electron chi connectivity index (χ3n) is 4.11. The van der Waals surface area contributed by atoms with E-state index in [1.165, 1.54) is 11.1 Å². The summed E-state index contributed by atoms with van der Waals surface area (Å²) in [6, 6.07) is 22.4. The Labute approximate surface area is 141 Å². The van der Waals surface area contributed by atoms with Crippen LogP contribution in [-0.4, -0.2) is 25.2 Å². The van der Waals surface area contributed by atoms with Crippen molar-refractivity contribution < 1.29 is 0 Å². The predicted octanol–water partition coefficient (Wildman–Crippen LogP) is 3.82. The molecule has 124 valence electrons. The molecule has 0 amide bonds. The first-order valence-corrected chi connectivity index (χ1v) is 8.78. The molecule has 0 fully saturated rings. The van der Waals surface area contributed by atoms with Crippen molar-refractivity contribution in [3.8, 4) is 0 Å². The van der Waals surface area contributed by atoms with Crippen molar-refractivity contribution in [2.24, 2.45) is 0 Å². The molecule has 2 aromatic rings. The van der Waals surface area contributed by atoms with Crippen LogP contribution < -0.4 is 10.6 Å². The number of nitrogens with one attached hydrogen (secondary N) is 2. The van der Waals surface area contributed by atoms with Gasteiger partial charge in [-0.25, -0.2) is 0 Å². The van der Waals surface area contributed by atoms with E-state index >= 15 is 0 Å². The largest absolute Gasteiger partial charge is 0.314 e. The van der Waals surface area contributed by atoms with E-state index in [0.29, 0.717) is 12.1 Å². The maximum absolute atomic E-state index is 3.61. The molecule has 0 aromatic heterocycles. The van der Waals surface area contributed by atoms with E-state index in [2.05, 4.69) is 85.1 Å². The zero-order valence-corrected chi connectivity index (χ0v) is 14.5. The van der Waals surface area contributed by atoms with Crippen LogP contribution in [0, 0.1) is 0 Å². The molecule has 2 aromatic carbocycles. The minimum Gasteiger partial charge on any atom is -0.314 e. The summed E-state index contributed by atoms with van der Waals surface area (Å²) in [5.74, 6) is 0. The van der Waals surface area contributed by atoms with Gasteiger partial charge in [-0.05, 0) is 57.3 Å². The van der Waals surface area contributed by atoms with E-state index in [4.69, 9.17) is 0 Å². The van der Waals surface area contributed by atoms with Gasteiger partial charge in [-0.3, -0.25) is 0 Å². The van der Waals surface area contributed by atoms with Crippen molar-refractivity contribution >= 4 is 0 Å². The highest BCUT2D eigenvalue weighted by molar-refractivity contribution is 5.16. The average molecular weight is 310 g/mol. The molecule has 2 nitrogen and oxygen atoms in total. The SMILES string of the molecule is C[C@H](Cc1ccccc1)NCCCN[C@H](C)Cc1ccccc1. The Morgan fingerprint density at radius 3 is 1.43 bits per heavy atom. The lowest BCUT2D eigenvalue weighted by molar-refractivity contribution is 0.492. The molecule has 0 bridgehead atoms. The van der Waals surface area contributed by atoms with Crippen LogP contribution in [-0.2, 0) is 12.8 Å². The van der Waals surface area contributed by atoms with E-state index in [9.17, 15) is 0 Å². The maximum atomic E-state index is 3.61. The highest BCUT2D eigenvalue weighted by Crippen LogP contribution is 2.03. The molecular formula is C21H30N2. The molecule has 0 unspecified atom stereocenters. The summed E-state index contributed by atoms with van der Waals surface area (Å²) in [5.41, 5.74) is 2.81. The Morgan fingerprint density at radius 2 is 1.04 bits per heavy atom. The van der Waals surface area contributed by atoms with Gasteiger partial charge in [0.25, 0.3) is 0 Å². The number of hydrogen-bond donors (Lipinski definition) is 2. The van der Waals surface area contributed by atoms with Gasteiger partial charge in [0.15, 0.2) is 0 Å². The van der Waals surface area contributed by atoms with Crippen LogP contribution in [0.3, 0.4) is 0 Å². The Balaban J connectivity index is 1.53. The average Bonchev–Trinajstić information content (AvgIpc) is 2.56. The Kier molecular flexibility index (Phi) is 7.85. The lowest BCUT2D eigenvalue weighted by atomic mass is 10.1. The molecular weight excluding hydrogens is 280 g/mol. The second kappa shape index (κ2) is 10.2. The highest BCUT2D eigenvalue weighted by Gasteiger charge is 2.04. The molecule has 0 radical (unpaired) electrons. The quantitative estimate of drug-likeness (QED) is 0.652. The molecule has 2 rings (SSSR count). The first kappa shape index (κ1) is 17.7. The Bertz CT molecular complexity index is 475. The topological polar surface area (TPSA) is 24.1 Å². The molecule has 0 spiro atoms. The van der Waals surface area contributed by atoms with E-state index in [0.717, 1.165) is 32.4 Å². The van der Waals surface area contributed by atoms with Gasteiger partial charge in [0.05, 0.1) is 0 Å². The van der Waals surface area contributed by atoms with Crippen molar-refractivity contribution in [2.45, 2.75) is 45.2 Å². The van der Waals surface area contributed by atoms with E-state index in [-0.39, 0.29) is 0 Å². The molecule has 2 atom stereocenters. The highest BCUT2D eigenvalue weighted by atomic mass is 14.9. The van der Waals surface area contributed by atoms with Crippen molar-refractivity contribution in [1.82, 2.24) is 10.6 Å². The number of hydrogen-bond acceptors (Lipinski definition) is 2. The molecule has 0 aliphatic rings. The third kappa shape index (κ3) is 7.45. The van der Waals surface area contributed by atoms with Crippen molar-refractivity contribution in [3.05, 3.63) is 71.8 Å². The molecule has 0 saturated heterocycles. The molecule has 2 heteroatoms. The fourth-order valence-electron chi connectivity index (χ4n) is 2.86. The van der Waals surface area contributed by atoms with Crippen molar-refractivity contribution in [1.29, 1.82) is 0 Å². The van der Waals surface area contributed by atoms with Gasteiger partial charge in [-0.15, -0.1) is 0 Å². The van der Waals surface area contributed by atoms with E-state index < -0.39 is 0 Å². The first-order valence-electron chi connectivity index (χ1n) is 8.78. The number of benzene rings is 2. The predicted molar refractivity (Wildman–Crippen MR) is 99.8 cm³/mol. The first-order chi connectivity index (χ1) is 11.2. The van der Waals surface area contributed by atoms with Gasteiger partial charge in [0.1, 0.15) is 0 Å². The Hall–Kier alpha value is -1.64. The van der Waals surface area contributed by atoms with E-state index in [1.807, 2.05) is 0 Å². The summed E-state index contributed by atoms with van der Waals surface area (Å²) < 4.78 is 0. The zero-order chi connectivity index (χ0) is 16.3. The van der Waals surface area contributed by atoms with Crippen LogP contribution in [0.5, 0.6) is 0 Å². The van der Waals surface area contributed by atoms with Crippen LogP contribution in [0.25, 0.3) is 0 Å². The smallest absolute Gasteiger partial charge is 0.00791 e. The second-order valence-electron chi connectivity index (χ2n) is 6.44. The van der Waals surface area contributed by atoms with Gasteiger partial charge in [-0.1, -0.05) is 60.7 Å². The summed E-state index contributed by atoms with van der Waals surface area (Å²) in [5, 5.41) is 7.23. The summed E-state index contributed by atoms with van der Waals surface area (Å²) in [6.45, 7) is 6.66. The van der Waals surface area contributed by atoms with Crippen LogP contribution >= 0.6 is 0 Å². The zero-order valence-electron chi connectivity index (χ0n) is 14.5. The van der Waals surface area contributed by atoms with Gasteiger partial charge in [0, 0.05) is 12.1 Å².